The van der Waals surface area contributed by atoms with E-state index in [2.05, 4.69) is 0 Å². The van der Waals surface area contributed by atoms with Crippen LogP contribution in [0.3, 0.4) is 0 Å². The molecule has 0 aromatic heterocycles. The van der Waals surface area contributed by atoms with Gasteiger partial charge in [-0.3, -0.25) is 4.79 Å². The van der Waals surface area contributed by atoms with E-state index in [1.807, 2.05) is 76.2 Å². The molecule has 2 aromatic carbocycles. The molecule has 2 rings (SSSR count). The molecule has 0 amide bonds. The number of benzene rings is 2. The van der Waals surface area contributed by atoms with E-state index >= 15 is 0 Å². The molecule has 20 heavy (non-hydrogen) atoms. The molecular formula is C18H24O2. The molecule has 108 valence electrons. The van der Waals surface area contributed by atoms with Crippen molar-refractivity contribution in [3.8, 4) is 0 Å². The summed E-state index contributed by atoms with van der Waals surface area (Å²) in [5, 5.41) is 7.00. The van der Waals surface area contributed by atoms with Gasteiger partial charge in [0.15, 0.2) is 5.78 Å². The predicted molar refractivity (Wildman–Crippen MR) is 85.3 cm³/mol. The lowest BCUT2D eigenvalue weighted by atomic mass is 10.0. The van der Waals surface area contributed by atoms with Gasteiger partial charge in [0.1, 0.15) is 0 Å². The molecule has 0 aliphatic carbocycles. The first kappa shape index (κ1) is 18.1. The van der Waals surface area contributed by atoms with Crippen molar-refractivity contribution in [2.24, 2.45) is 0 Å². The van der Waals surface area contributed by atoms with E-state index in [-0.39, 0.29) is 5.78 Å². The first-order valence-electron chi connectivity index (χ1n) is 6.79. The Kier molecular flexibility index (Phi) is 8.97. The number of aliphatic hydroxyl groups is 1. The van der Waals surface area contributed by atoms with Crippen molar-refractivity contribution in [2.75, 3.05) is 7.11 Å². The minimum Gasteiger partial charge on any atom is -0.400 e. The Hall–Kier alpha value is -1.93. The van der Waals surface area contributed by atoms with Crippen LogP contribution >= 0.6 is 0 Å². The number of rotatable bonds is 2. The molecule has 0 heterocycles. The number of hydrogen-bond donors (Lipinski definition) is 1. The fraction of sp³-hybridized carbons (Fsp3) is 0.278. The standard InChI is InChI=1S/C15H14O.C2H6.CH4O/c1-11-3-7-13(8-4-11)15(16)14-9-5-12(2)6-10-14;2*1-2/h3-10H,1-2H3;1-2H3;2H,1H3. The second-order valence-electron chi connectivity index (χ2n) is 4.06. The van der Waals surface area contributed by atoms with Crippen molar-refractivity contribution in [3.05, 3.63) is 70.8 Å². The highest BCUT2D eigenvalue weighted by atomic mass is 16.2. The summed E-state index contributed by atoms with van der Waals surface area (Å²) in [7, 11) is 1.00. The lowest BCUT2D eigenvalue weighted by Gasteiger charge is -2.02. The molecule has 1 N–H and O–H groups in total. The summed E-state index contributed by atoms with van der Waals surface area (Å²) >= 11 is 0. The molecule has 0 saturated carbocycles. The Labute approximate surface area is 122 Å². The molecule has 2 nitrogen and oxygen atoms in total. The molecule has 2 aromatic rings. The van der Waals surface area contributed by atoms with Crippen molar-refractivity contribution in [1.29, 1.82) is 0 Å². The average molecular weight is 272 g/mol. The van der Waals surface area contributed by atoms with Gasteiger partial charge >= 0.3 is 0 Å². The lowest BCUT2D eigenvalue weighted by molar-refractivity contribution is 0.103. The van der Waals surface area contributed by atoms with Gasteiger partial charge in [-0.15, -0.1) is 0 Å². The highest BCUT2D eigenvalue weighted by molar-refractivity contribution is 6.08. The number of carbonyl (C=O) groups excluding carboxylic acids is 1. The summed E-state index contributed by atoms with van der Waals surface area (Å²) in [6, 6.07) is 15.3. The van der Waals surface area contributed by atoms with Crippen LogP contribution in [0.15, 0.2) is 48.5 Å². The zero-order chi connectivity index (χ0) is 15.5. The molecule has 0 spiro atoms. The van der Waals surface area contributed by atoms with Crippen molar-refractivity contribution in [1.82, 2.24) is 0 Å². The minimum atomic E-state index is 0.0833. The third kappa shape index (κ3) is 5.37. The molecule has 2 heteroatoms. The lowest BCUT2D eigenvalue weighted by Crippen LogP contribution is -2.00. The summed E-state index contributed by atoms with van der Waals surface area (Å²) in [5.41, 5.74) is 3.82. The summed E-state index contributed by atoms with van der Waals surface area (Å²) in [6.07, 6.45) is 0. The monoisotopic (exact) mass is 272 g/mol. The number of aliphatic hydroxyl groups excluding tert-OH is 1. The second-order valence-corrected chi connectivity index (χ2v) is 4.06. The minimum absolute atomic E-state index is 0.0833. The molecule has 0 fully saturated rings. The zero-order valence-electron chi connectivity index (χ0n) is 13.0. The first-order chi connectivity index (χ1) is 9.66. The maximum atomic E-state index is 12.1. The van der Waals surface area contributed by atoms with Crippen LogP contribution in [0.4, 0.5) is 0 Å². The highest BCUT2D eigenvalue weighted by Crippen LogP contribution is 2.11. The van der Waals surface area contributed by atoms with Crippen LogP contribution in [0.2, 0.25) is 0 Å². The summed E-state index contributed by atoms with van der Waals surface area (Å²) in [6.45, 7) is 8.03. The largest absolute Gasteiger partial charge is 0.400 e. The van der Waals surface area contributed by atoms with Gasteiger partial charge in [-0.25, -0.2) is 0 Å². The van der Waals surface area contributed by atoms with Gasteiger partial charge in [-0.05, 0) is 13.8 Å². The number of ketones is 1. The van der Waals surface area contributed by atoms with Gasteiger partial charge in [0.2, 0.25) is 0 Å². The topological polar surface area (TPSA) is 37.3 Å². The maximum absolute atomic E-state index is 12.1. The fourth-order valence-electron chi connectivity index (χ4n) is 1.58. The van der Waals surface area contributed by atoms with E-state index < -0.39 is 0 Å². The molecule has 0 bridgehead atoms. The van der Waals surface area contributed by atoms with Crippen LogP contribution in [-0.4, -0.2) is 18.0 Å². The smallest absolute Gasteiger partial charge is 0.193 e. The average Bonchev–Trinajstić information content (AvgIpc) is 2.52. The quantitative estimate of drug-likeness (QED) is 0.833. The van der Waals surface area contributed by atoms with Crippen LogP contribution in [-0.2, 0) is 0 Å². The van der Waals surface area contributed by atoms with E-state index in [9.17, 15) is 4.79 Å². The van der Waals surface area contributed by atoms with Crippen LogP contribution < -0.4 is 0 Å². The van der Waals surface area contributed by atoms with Crippen LogP contribution in [0.1, 0.15) is 40.9 Å². The third-order valence-electron chi connectivity index (χ3n) is 2.63. The predicted octanol–water partition coefficient (Wildman–Crippen LogP) is 4.17. The summed E-state index contributed by atoms with van der Waals surface area (Å²) in [5.74, 6) is 0.0833. The van der Waals surface area contributed by atoms with Gasteiger partial charge in [0.05, 0.1) is 0 Å². The van der Waals surface area contributed by atoms with Crippen LogP contribution in [0.5, 0.6) is 0 Å². The van der Waals surface area contributed by atoms with E-state index in [0.29, 0.717) is 0 Å². The molecule has 0 aliphatic heterocycles. The molecular weight excluding hydrogens is 248 g/mol. The van der Waals surface area contributed by atoms with E-state index in [1.54, 1.807) is 0 Å². The highest BCUT2D eigenvalue weighted by Gasteiger charge is 2.07. The maximum Gasteiger partial charge on any atom is 0.193 e. The SMILES string of the molecule is CC.CO.Cc1ccc(C(=O)c2ccc(C)cc2)cc1. The first-order valence-corrected chi connectivity index (χ1v) is 6.79. The van der Waals surface area contributed by atoms with E-state index in [1.165, 1.54) is 11.1 Å². The van der Waals surface area contributed by atoms with Crippen LogP contribution in [0, 0.1) is 13.8 Å². The Balaban J connectivity index is 0.000000829. The van der Waals surface area contributed by atoms with Gasteiger partial charge in [-0.1, -0.05) is 73.5 Å². The van der Waals surface area contributed by atoms with Crippen LogP contribution in [0.25, 0.3) is 0 Å². The summed E-state index contributed by atoms with van der Waals surface area (Å²) in [4.78, 5) is 12.1. The molecule has 0 saturated heterocycles. The van der Waals surface area contributed by atoms with Crippen molar-refractivity contribution >= 4 is 5.78 Å². The van der Waals surface area contributed by atoms with Gasteiger partial charge in [0, 0.05) is 18.2 Å². The molecule has 0 aliphatic rings. The van der Waals surface area contributed by atoms with Gasteiger partial charge < -0.3 is 5.11 Å². The second kappa shape index (κ2) is 9.93. The number of hydrogen-bond acceptors (Lipinski definition) is 2. The van der Waals surface area contributed by atoms with E-state index in [0.717, 1.165) is 18.2 Å². The van der Waals surface area contributed by atoms with Crippen molar-refractivity contribution in [2.45, 2.75) is 27.7 Å². The van der Waals surface area contributed by atoms with Crippen molar-refractivity contribution in [3.63, 3.8) is 0 Å². The van der Waals surface area contributed by atoms with Crippen molar-refractivity contribution < 1.29 is 9.90 Å². The Morgan fingerprint density at radius 3 is 1.20 bits per heavy atom. The van der Waals surface area contributed by atoms with Gasteiger partial charge in [0.25, 0.3) is 0 Å². The molecule has 0 radical (unpaired) electrons. The molecule has 0 atom stereocenters. The van der Waals surface area contributed by atoms with E-state index in [4.69, 9.17) is 5.11 Å². The summed E-state index contributed by atoms with van der Waals surface area (Å²) < 4.78 is 0. The number of aryl methyl sites for hydroxylation is 2. The molecule has 0 unspecified atom stereocenters. The Morgan fingerprint density at radius 2 is 0.950 bits per heavy atom. The number of carbonyl (C=O) groups is 1. The zero-order valence-corrected chi connectivity index (χ0v) is 13.0. The third-order valence-corrected chi connectivity index (χ3v) is 2.63. The normalized spacial score (nSPS) is 8.70. The van der Waals surface area contributed by atoms with Gasteiger partial charge in [-0.2, -0.15) is 0 Å². The Morgan fingerprint density at radius 1 is 0.700 bits per heavy atom. The fourth-order valence-corrected chi connectivity index (χ4v) is 1.58. The Bertz CT molecular complexity index is 448.